The summed E-state index contributed by atoms with van der Waals surface area (Å²) in [7, 11) is 2.07. The number of rotatable bonds is 5. The third-order valence-electron chi connectivity index (χ3n) is 4.06. The van der Waals surface area contributed by atoms with E-state index in [0.29, 0.717) is 18.4 Å². The molecule has 100 valence electrons. The molecule has 2 N–H and O–H groups in total. The molecule has 0 spiro atoms. The van der Waals surface area contributed by atoms with Crippen molar-refractivity contribution in [2.45, 2.75) is 25.8 Å². The minimum atomic E-state index is -0.105. The molecule has 0 heterocycles. The standard InChI is InChI=1S/C15H23FN2/c1-18(10-13-7-4-6-12(13)9-17)11-14-5-2-3-8-15(14)16/h2-3,5,8,12-13H,4,6-7,9-11,17H2,1H3. The van der Waals surface area contributed by atoms with Gasteiger partial charge in [-0.3, -0.25) is 0 Å². The van der Waals surface area contributed by atoms with E-state index in [9.17, 15) is 4.39 Å². The predicted molar refractivity (Wildman–Crippen MR) is 72.6 cm³/mol. The maximum atomic E-state index is 13.6. The zero-order valence-corrected chi connectivity index (χ0v) is 11.1. The van der Waals surface area contributed by atoms with Crippen LogP contribution in [0.25, 0.3) is 0 Å². The molecule has 1 aromatic rings. The Morgan fingerprint density at radius 1 is 1.28 bits per heavy atom. The van der Waals surface area contributed by atoms with Gasteiger partial charge >= 0.3 is 0 Å². The Hall–Kier alpha value is -0.930. The van der Waals surface area contributed by atoms with Gasteiger partial charge in [-0.15, -0.1) is 0 Å². The van der Waals surface area contributed by atoms with E-state index in [0.717, 1.165) is 18.7 Å². The number of benzene rings is 1. The second-order valence-electron chi connectivity index (χ2n) is 5.47. The Bertz CT molecular complexity index is 381. The third kappa shape index (κ3) is 3.30. The van der Waals surface area contributed by atoms with Crippen LogP contribution in [-0.2, 0) is 6.54 Å². The molecule has 1 aliphatic rings. The van der Waals surface area contributed by atoms with Crippen molar-refractivity contribution >= 4 is 0 Å². The van der Waals surface area contributed by atoms with Crippen molar-refractivity contribution in [1.82, 2.24) is 4.90 Å². The topological polar surface area (TPSA) is 29.3 Å². The largest absolute Gasteiger partial charge is 0.330 e. The molecule has 2 rings (SSSR count). The number of nitrogens with zero attached hydrogens (tertiary/aromatic N) is 1. The van der Waals surface area contributed by atoms with Crippen LogP contribution in [0.5, 0.6) is 0 Å². The van der Waals surface area contributed by atoms with E-state index in [-0.39, 0.29) is 5.82 Å². The van der Waals surface area contributed by atoms with Crippen LogP contribution in [0.15, 0.2) is 24.3 Å². The van der Waals surface area contributed by atoms with Gasteiger partial charge in [-0.2, -0.15) is 0 Å². The molecule has 0 saturated heterocycles. The lowest BCUT2D eigenvalue weighted by Gasteiger charge is -2.25. The average Bonchev–Trinajstić information content (AvgIpc) is 2.79. The molecule has 1 aromatic carbocycles. The van der Waals surface area contributed by atoms with E-state index in [1.54, 1.807) is 6.07 Å². The molecule has 1 saturated carbocycles. The average molecular weight is 250 g/mol. The molecule has 0 aliphatic heterocycles. The first-order chi connectivity index (χ1) is 8.70. The Balaban J connectivity index is 1.89. The van der Waals surface area contributed by atoms with Crippen LogP contribution >= 0.6 is 0 Å². The smallest absolute Gasteiger partial charge is 0.127 e. The first kappa shape index (κ1) is 13.5. The molecule has 18 heavy (non-hydrogen) atoms. The molecule has 0 radical (unpaired) electrons. The molecular formula is C15H23FN2. The van der Waals surface area contributed by atoms with E-state index < -0.39 is 0 Å². The molecule has 2 unspecified atom stereocenters. The van der Waals surface area contributed by atoms with Crippen LogP contribution in [0.1, 0.15) is 24.8 Å². The van der Waals surface area contributed by atoms with Gasteiger partial charge in [-0.1, -0.05) is 24.6 Å². The highest BCUT2D eigenvalue weighted by molar-refractivity contribution is 5.16. The van der Waals surface area contributed by atoms with Crippen molar-refractivity contribution in [2.75, 3.05) is 20.1 Å². The SMILES string of the molecule is CN(Cc1ccccc1F)CC1CCCC1CN. The van der Waals surface area contributed by atoms with Gasteiger partial charge in [0.05, 0.1) is 0 Å². The second kappa shape index (κ2) is 6.30. The van der Waals surface area contributed by atoms with Crippen molar-refractivity contribution < 1.29 is 4.39 Å². The fourth-order valence-electron chi connectivity index (χ4n) is 3.05. The molecule has 1 fully saturated rings. The van der Waals surface area contributed by atoms with E-state index in [4.69, 9.17) is 5.73 Å². The van der Waals surface area contributed by atoms with Crippen LogP contribution in [0.4, 0.5) is 4.39 Å². The lowest BCUT2D eigenvalue weighted by atomic mass is 9.95. The summed E-state index contributed by atoms with van der Waals surface area (Å²) in [5.74, 6) is 1.24. The Kier molecular flexibility index (Phi) is 4.72. The van der Waals surface area contributed by atoms with Crippen LogP contribution < -0.4 is 5.73 Å². The Labute approximate surface area is 109 Å². The predicted octanol–water partition coefficient (Wildman–Crippen LogP) is 2.63. The van der Waals surface area contributed by atoms with Crippen molar-refractivity contribution in [3.63, 3.8) is 0 Å². The molecule has 2 atom stereocenters. The van der Waals surface area contributed by atoms with Gasteiger partial charge in [0, 0.05) is 18.7 Å². The van der Waals surface area contributed by atoms with Gasteiger partial charge in [-0.05, 0) is 44.3 Å². The maximum absolute atomic E-state index is 13.6. The van der Waals surface area contributed by atoms with Gasteiger partial charge < -0.3 is 10.6 Å². The van der Waals surface area contributed by atoms with Crippen molar-refractivity contribution in [1.29, 1.82) is 0 Å². The fourth-order valence-corrected chi connectivity index (χ4v) is 3.05. The minimum absolute atomic E-state index is 0.105. The highest BCUT2D eigenvalue weighted by Crippen LogP contribution is 2.31. The lowest BCUT2D eigenvalue weighted by molar-refractivity contribution is 0.234. The Morgan fingerprint density at radius 3 is 2.72 bits per heavy atom. The van der Waals surface area contributed by atoms with Gasteiger partial charge in [0.1, 0.15) is 5.82 Å². The van der Waals surface area contributed by atoms with Gasteiger partial charge in [0.25, 0.3) is 0 Å². The molecule has 3 heteroatoms. The van der Waals surface area contributed by atoms with Gasteiger partial charge in [-0.25, -0.2) is 4.39 Å². The molecule has 1 aliphatic carbocycles. The number of nitrogens with two attached hydrogens (primary N) is 1. The summed E-state index contributed by atoms with van der Waals surface area (Å²) in [5.41, 5.74) is 6.58. The third-order valence-corrected chi connectivity index (χ3v) is 4.06. The van der Waals surface area contributed by atoms with E-state index >= 15 is 0 Å². The zero-order valence-electron chi connectivity index (χ0n) is 11.1. The zero-order chi connectivity index (χ0) is 13.0. The van der Waals surface area contributed by atoms with Crippen LogP contribution in [-0.4, -0.2) is 25.0 Å². The molecular weight excluding hydrogens is 227 g/mol. The number of halogens is 1. The number of hydrogen-bond acceptors (Lipinski definition) is 2. The Morgan fingerprint density at radius 2 is 2.00 bits per heavy atom. The van der Waals surface area contributed by atoms with Crippen molar-refractivity contribution in [3.8, 4) is 0 Å². The monoisotopic (exact) mass is 250 g/mol. The first-order valence-corrected chi connectivity index (χ1v) is 6.82. The summed E-state index contributed by atoms with van der Waals surface area (Å²) in [6.45, 7) is 2.49. The van der Waals surface area contributed by atoms with Crippen molar-refractivity contribution in [2.24, 2.45) is 17.6 Å². The van der Waals surface area contributed by atoms with Gasteiger partial charge in [0.15, 0.2) is 0 Å². The highest BCUT2D eigenvalue weighted by Gasteiger charge is 2.26. The minimum Gasteiger partial charge on any atom is -0.330 e. The quantitative estimate of drug-likeness (QED) is 0.870. The summed E-state index contributed by atoms with van der Waals surface area (Å²) in [4.78, 5) is 2.22. The molecule has 0 aromatic heterocycles. The fraction of sp³-hybridized carbons (Fsp3) is 0.600. The molecule has 0 bridgehead atoms. The molecule has 2 nitrogen and oxygen atoms in total. The summed E-state index contributed by atoms with van der Waals surface area (Å²) < 4.78 is 13.6. The highest BCUT2D eigenvalue weighted by atomic mass is 19.1. The molecule has 0 amide bonds. The first-order valence-electron chi connectivity index (χ1n) is 6.82. The van der Waals surface area contributed by atoms with Crippen LogP contribution in [0, 0.1) is 17.7 Å². The summed E-state index contributed by atoms with van der Waals surface area (Å²) >= 11 is 0. The normalized spacial score (nSPS) is 23.8. The van der Waals surface area contributed by atoms with Crippen LogP contribution in [0.3, 0.4) is 0 Å². The summed E-state index contributed by atoms with van der Waals surface area (Å²) in [5, 5.41) is 0. The van der Waals surface area contributed by atoms with E-state index in [1.807, 2.05) is 12.1 Å². The van der Waals surface area contributed by atoms with Crippen LogP contribution in [0.2, 0.25) is 0 Å². The van der Waals surface area contributed by atoms with E-state index in [1.165, 1.54) is 25.3 Å². The van der Waals surface area contributed by atoms with Gasteiger partial charge in [0.2, 0.25) is 0 Å². The number of hydrogen-bond donors (Lipinski definition) is 1. The van der Waals surface area contributed by atoms with Crippen molar-refractivity contribution in [3.05, 3.63) is 35.6 Å². The maximum Gasteiger partial charge on any atom is 0.127 e. The summed E-state index contributed by atoms with van der Waals surface area (Å²) in [6, 6.07) is 7.02. The lowest BCUT2D eigenvalue weighted by Crippen LogP contribution is -2.30. The second-order valence-corrected chi connectivity index (χ2v) is 5.47. The summed E-state index contributed by atoms with van der Waals surface area (Å²) in [6.07, 6.45) is 3.82. The van der Waals surface area contributed by atoms with E-state index in [2.05, 4.69) is 11.9 Å².